The first-order chi connectivity index (χ1) is 10.2. The number of nitrogens with zero attached hydrogens (tertiary/aromatic N) is 4. The molecule has 0 saturated heterocycles. The predicted octanol–water partition coefficient (Wildman–Crippen LogP) is 1.74. The zero-order valence-electron chi connectivity index (χ0n) is 11.3. The van der Waals surface area contributed by atoms with Gasteiger partial charge in [0, 0.05) is 31.7 Å². The lowest BCUT2D eigenvalue weighted by Gasteiger charge is -2.21. The molecule has 0 atom stereocenters. The molecule has 2 aromatic heterocycles. The van der Waals surface area contributed by atoms with Crippen molar-refractivity contribution in [1.29, 1.82) is 5.26 Å². The maximum absolute atomic E-state index is 12.4. The van der Waals surface area contributed by atoms with Gasteiger partial charge in [-0.25, -0.2) is 4.98 Å². The minimum atomic E-state index is -0.410. The topological polar surface area (TPSA) is 90.1 Å². The average molecular weight is 282 g/mol. The van der Waals surface area contributed by atoms with Crippen LogP contribution in [0, 0.1) is 11.3 Å². The van der Waals surface area contributed by atoms with E-state index in [2.05, 4.69) is 9.97 Å². The van der Waals surface area contributed by atoms with E-state index in [1.807, 2.05) is 12.1 Å². The Morgan fingerprint density at radius 3 is 2.81 bits per heavy atom. The number of aromatic nitrogens is 2. The Kier molecular flexibility index (Phi) is 4.83. The summed E-state index contributed by atoms with van der Waals surface area (Å²) >= 11 is 0. The van der Waals surface area contributed by atoms with Crippen molar-refractivity contribution in [3.05, 3.63) is 54.1 Å². The van der Waals surface area contributed by atoms with Gasteiger partial charge < -0.3 is 10.0 Å². The number of amides is 1. The zero-order chi connectivity index (χ0) is 15.1. The van der Waals surface area contributed by atoms with E-state index >= 15 is 0 Å². The van der Waals surface area contributed by atoms with Crippen molar-refractivity contribution in [1.82, 2.24) is 14.9 Å². The molecule has 21 heavy (non-hydrogen) atoms. The third kappa shape index (κ3) is 3.76. The lowest BCUT2D eigenvalue weighted by Crippen LogP contribution is -2.32. The van der Waals surface area contributed by atoms with E-state index in [-0.39, 0.29) is 24.4 Å². The highest BCUT2D eigenvalue weighted by Crippen LogP contribution is 2.16. The summed E-state index contributed by atoms with van der Waals surface area (Å²) in [5, 5.41) is 18.5. The van der Waals surface area contributed by atoms with Crippen LogP contribution in [0.1, 0.15) is 22.5 Å². The van der Waals surface area contributed by atoms with Gasteiger partial charge in [0.15, 0.2) is 5.69 Å². The lowest BCUT2D eigenvalue weighted by atomic mass is 10.2. The molecule has 0 fully saturated rings. The van der Waals surface area contributed by atoms with Crippen LogP contribution in [0.3, 0.4) is 0 Å². The van der Waals surface area contributed by atoms with Crippen molar-refractivity contribution >= 4 is 5.91 Å². The van der Waals surface area contributed by atoms with Crippen molar-refractivity contribution in [2.45, 2.75) is 13.0 Å². The Morgan fingerprint density at radius 2 is 2.14 bits per heavy atom. The Morgan fingerprint density at radius 1 is 1.33 bits per heavy atom. The molecule has 0 bridgehead atoms. The van der Waals surface area contributed by atoms with Crippen molar-refractivity contribution < 1.29 is 9.90 Å². The molecule has 0 radical (unpaired) electrons. The van der Waals surface area contributed by atoms with Crippen molar-refractivity contribution in [2.24, 2.45) is 0 Å². The highest BCUT2D eigenvalue weighted by atomic mass is 16.3. The number of carbonyl (C=O) groups is 1. The third-order valence-electron chi connectivity index (χ3n) is 2.87. The summed E-state index contributed by atoms with van der Waals surface area (Å²) in [7, 11) is 0. The Balaban J connectivity index is 2.21. The van der Waals surface area contributed by atoms with Gasteiger partial charge in [-0.3, -0.25) is 9.78 Å². The summed E-state index contributed by atoms with van der Waals surface area (Å²) in [5.41, 5.74) is 0.832. The fourth-order valence-corrected chi connectivity index (χ4v) is 1.86. The SMILES string of the molecule is N#CCCN(Cc1cccnc1)C(=O)c1ncccc1O. The quantitative estimate of drug-likeness (QED) is 0.902. The summed E-state index contributed by atoms with van der Waals surface area (Å²) in [6.45, 7) is 0.574. The smallest absolute Gasteiger partial charge is 0.276 e. The first-order valence-corrected chi connectivity index (χ1v) is 6.41. The number of nitriles is 1. The van der Waals surface area contributed by atoms with Crippen LogP contribution in [0.25, 0.3) is 0 Å². The molecule has 106 valence electrons. The normalized spacial score (nSPS) is 9.86. The van der Waals surface area contributed by atoms with Crippen molar-refractivity contribution in [2.75, 3.05) is 6.54 Å². The summed E-state index contributed by atoms with van der Waals surface area (Å²) in [4.78, 5) is 21.8. The second kappa shape index (κ2) is 7.01. The van der Waals surface area contributed by atoms with Crippen LogP contribution in [0.5, 0.6) is 5.75 Å². The molecule has 0 aliphatic rings. The molecule has 1 N–H and O–H groups in total. The molecule has 0 aromatic carbocycles. The van der Waals surface area contributed by atoms with Gasteiger partial charge in [0.05, 0.1) is 12.5 Å². The molecule has 0 aliphatic carbocycles. The van der Waals surface area contributed by atoms with Gasteiger partial charge in [-0.1, -0.05) is 6.07 Å². The molecule has 0 spiro atoms. The first-order valence-electron chi connectivity index (χ1n) is 6.41. The second-order valence-electron chi connectivity index (χ2n) is 4.37. The maximum Gasteiger partial charge on any atom is 0.276 e. The van der Waals surface area contributed by atoms with E-state index in [4.69, 9.17) is 5.26 Å². The second-order valence-corrected chi connectivity index (χ2v) is 4.37. The molecule has 2 aromatic rings. The van der Waals surface area contributed by atoms with E-state index in [1.165, 1.54) is 17.2 Å². The fraction of sp³-hybridized carbons (Fsp3) is 0.200. The van der Waals surface area contributed by atoms with Gasteiger partial charge >= 0.3 is 0 Å². The standard InChI is InChI=1S/C15H14N4O2/c16-6-3-9-19(11-12-4-1-7-17-10-12)15(21)14-13(20)5-2-8-18-14/h1-2,4-5,7-8,10,20H,3,9,11H2. The van der Waals surface area contributed by atoms with Gasteiger partial charge in [-0.2, -0.15) is 5.26 Å². The molecule has 6 nitrogen and oxygen atoms in total. The van der Waals surface area contributed by atoms with Gasteiger partial charge in [0.1, 0.15) is 5.75 Å². The van der Waals surface area contributed by atoms with Crippen LogP contribution in [0.4, 0.5) is 0 Å². The predicted molar refractivity (Wildman–Crippen MR) is 75.1 cm³/mol. The number of aromatic hydroxyl groups is 1. The van der Waals surface area contributed by atoms with E-state index in [1.54, 1.807) is 24.5 Å². The first kappa shape index (κ1) is 14.5. The minimum absolute atomic E-state index is 0.0145. The van der Waals surface area contributed by atoms with E-state index in [0.29, 0.717) is 6.54 Å². The van der Waals surface area contributed by atoms with Gasteiger partial charge in [0.25, 0.3) is 5.91 Å². The third-order valence-corrected chi connectivity index (χ3v) is 2.87. The Bertz CT molecular complexity index is 652. The molecule has 6 heteroatoms. The number of carbonyl (C=O) groups excluding carboxylic acids is 1. The van der Waals surface area contributed by atoms with Crippen LogP contribution < -0.4 is 0 Å². The monoisotopic (exact) mass is 282 g/mol. The van der Waals surface area contributed by atoms with E-state index in [0.717, 1.165) is 5.56 Å². The highest BCUT2D eigenvalue weighted by Gasteiger charge is 2.20. The maximum atomic E-state index is 12.4. The number of rotatable bonds is 5. The molecule has 0 aliphatic heterocycles. The molecular formula is C15H14N4O2. The summed E-state index contributed by atoms with van der Waals surface area (Å²) in [6, 6.07) is 8.59. The van der Waals surface area contributed by atoms with Crippen LogP contribution >= 0.6 is 0 Å². The Labute approximate surface area is 122 Å². The molecular weight excluding hydrogens is 268 g/mol. The van der Waals surface area contributed by atoms with E-state index < -0.39 is 5.91 Å². The minimum Gasteiger partial charge on any atom is -0.505 e. The van der Waals surface area contributed by atoms with Crippen molar-refractivity contribution in [3.63, 3.8) is 0 Å². The van der Waals surface area contributed by atoms with Crippen molar-refractivity contribution in [3.8, 4) is 11.8 Å². The van der Waals surface area contributed by atoms with Gasteiger partial charge in [0.2, 0.25) is 0 Å². The molecule has 0 saturated carbocycles. The molecule has 2 heterocycles. The number of hydrogen-bond acceptors (Lipinski definition) is 5. The summed E-state index contributed by atoms with van der Waals surface area (Å²) in [6.07, 6.45) is 4.96. The summed E-state index contributed by atoms with van der Waals surface area (Å²) in [5.74, 6) is -0.581. The van der Waals surface area contributed by atoms with Crippen LogP contribution in [0.2, 0.25) is 0 Å². The lowest BCUT2D eigenvalue weighted by molar-refractivity contribution is 0.0737. The molecule has 0 unspecified atom stereocenters. The van der Waals surface area contributed by atoms with Gasteiger partial charge in [-0.15, -0.1) is 0 Å². The molecule has 2 rings (SSSR count). The van der Waals surface area contributed by atoms with E-state index in [9.17, 15) is 9.90 Å². The number of hydrogen-bond donors (Lipinski definition) is 1. The average Bonchev–Trinajstić information content (AvgIpc) is 2.52. The highest BCUT2D eigenvalue weighted by molar-refractivity contribution is 5.94. The van der Waals surface area contributed by atoms with Crippen LogP contribution in [0.15, 0.2) is 42.9 Å². The van der Waals surface area contributed by atoms with Crippen LogP contribution in [-0.4, -0.2) is 32.4 Å². The number of pyridine rings is 2. The van der Waals surface area contributed by atoms with Crippen LogP contribution in [-0.2, 0) is 6.54 Å². The largest absolute Gasteiger partial charge is 0.505 e. The van der Waals surface area contributed by atoms with Gasteiger partial charge in [-0.05, 0) is 23.8 Å². The zero-order valence-corrected chi connectivity index (χ0v) is 11.3. The Hall–Kier alpha value is -2.94. The fourth-order valence-electron chi connectivity index (χ4n) is 1.86. The summed E-state index contributed by atoms with van der Waals surface area (Å²) < 4.78 is 0. The molecule has 1 amide bonds.